The maximum Gasteiger partial charge on any atom is 0.426 e. The second-order valence-corrected chi connectivity index (χ2v) is 6.49. The fourth-order valence-electron chi connectivity index (χ4n) is 2.57. The number of halogens is 4. The number of esters is 1. The monoisotopic (exact) mass is 360 g/mol. The van der Waals surface area contributed by atoms with Gasteiger partial charge in [-0.1, -0.05) is 37.4 Å². The number of carbonyl (C=O) groups excluding carboxylic acids is 1. The first-order chi connectivity index (χ1) is 11.1. The molecule has 3 nitrogen and oxygen atoms in total. The van der Waals surface area contributed by atoms with Crippen molar-refractivity contribution in [3.63, 3.8) is 0 Å². The van der Waals surface area contributed by atoms with Gasteiger partial charge in [-0.05, 0) is 36.3 Å². The maximum atomic E-state index is 12.5. The van der Waals surface area contributed by atoms with Crippen LogP contribution in [0.4, 0.5) is 13.2 Å². The van der Waals surface area contributed by atoms with Crippen molar-refractivity contribution < 1.29 is 27.1 Å². The van der Waals surface area contributed by atoms with Crippen LogP contribution in [-0.2, 0) is 16.1 Å². The van der Waals surface area contributed by atoms with Crippen molar-refractivity contribution in [2.45, 2.75) is 33.6 Å². The topological polar surface area (TPSA) is 39.4 Å². The molecule has 1 aromatic rings. The van der Waals surface area contributed by atoms with Gasteiger partial charge in [-0.2, -0.15) is 13.2 Å². The zero-order chi connectivity index (χ0) is 18.1. The highest BCUT2D eigenvalue weighted by atomic mass is 35.5. The first-order valence-electron chi connectivity index (χ1n) is 7.20. The molecular formula is C17H16ClF3O3. The number of furan rings is 1. The molecule has 0 unspecified atom stereocenters. The molecule has 0 spiro atoms. The zero-order valence-corrected chi connectivity index (χ0v) is 14.1. The van der Waals surface area contributed by atoms with Gasteiger partial charge in [0.1, 0.15) is 17.4 Å². The van der Waals surface area contributed by atoms with E-state index in [1.807, 2.05) is 0 Å². The first-order valence-corrected chi connectivity index (χ1v) is 7.57. The van der Waals surface area contributed by atoms with Crippen LogP contribution in [0.3, 0.4) is 0 Å². The Kier molecular flexibility index (Phi) is 5.05. The third-order valence-electron chi connectivity index (χ3n) is 4.03. The van der Waals surface area contributed by atoms with Crippen LogP contribution in [0.25, 0.3) is 0 Å². The molecule has 1 aromatic heterocycles. The van der Waals surface area contributed by atoms with E-state index in [4.69, 9.17) is 20.8 Å². The summed E-state index contributed by atoms with van der Waals surface area (Å²) in [5, 5.41) is -1.22. The number of hydrogen-bond donors (Lipinski definition) is 0. The van der Waals surface area contributed by atoms with Crippen LogP contribution >= 0.6 is 11.6 Å². The Morgan fingerprint density at radius 3 is 2.71 bits per heavy atom. The highest BCUT2D eigenvalue weighted by Crippen LogP contribution is 2.60. The van der Waals surface area contributed by atoms with E-state index < -0.39 is 34.4 Å². The molecule has 0 aromatic carbocycles. The second-order valence-electron chi connectivity index (χ2n) is 6.09. The lowest BCUT2D eigenvalue weighted by Gasteiger charge is -2.04. The lowest BCUT2D eigenvalue weighted by molar-refractivity contribution is -0.148. The van der Waals surface area contributed by atoms with Gasteiger partial charge in [0.2, 0.25) is 0 Å². The Hall–Kier alpha value is -1.87. The molecule has 7 heteroatoms. The summed E-state index contributed by atoms with van der Waals surface area (Å²) in [5.74, 6) is 4.41. The van der Waals surface area contributed by atoms with Crippen molar-refractivity contribution in [1.82, 2.24) is 0 Å². The van der Waals surface area contributed by atoms with Crippen molar-refractivity contribution in [3.05, 3.63) is 34.8 Å². The van der Waals surface area contributed by atoms with Crippen LogP contribution in [0.2, 0.25) is 0 Å². The molecule has 1 heterocycles. The summed E-state index contributed by atoms with van der Waals surface area (Å²) in [6.45, 7) is 4.96. The molecule has 0 saturated heterocycles. The smallest absolute Gasteiger partial charge is 0.426 e. The average Bonchev–Trinajstić information content (AvgIpc) is 2.82. The van der Waals surface area contributed by atoms with E-state index in [0.29, 0.717) is 11.5 Å². The van der Waals surface area contributed by atoms with Crippen LogP contribution in [0.1, 0.15) is 32.3 Å². The molecule has 2 atom stereocenters. The van der Waals surface area contributed by atoms with E-state index in [-0.39, 0.29) is 6.61 Å². The van der Waals surface area contributed by atoms with E-state index in [9.17, 15) is 18.0 Å². The lowest BCUT2D eigenvalue weighted by Crippen LogP contribution is -2.10. The molecule has 0 amide bonds. The van der Waals surface area contributed by atoms with Crippen molar-refractivity contribution in [2.75, 3.05) is 0 Å². The Morgan fingerprint density at radius 2 is 2.12 bits per heavy atom. The highest BCUT2D eigenvalue weighted by Gasteiger charge is 2.62. The molecule has 1 aliphatic carbocycles. The zero-order valence-electron chi connectivity index (χ0n) is 13.3. The van der Waals surface area contributed by atoms with Gasteiger partial charge in [-0.25, -0.2) is 0 Å². The highest BCUT2D eigenvalue weighted by molar-refractivity contribution is 6.30. The lowest BCUT2D eigenvalue weighted by atomic mass is 10.1. The molecule has 0 N–H and O–H groups in total. The Bertz CT molecular complexity index is 719. The maximum absolute atomic E-state index is 12.5. The van der Waals surface area contributed by atoms with Crippen LogP contribution in [0, 0.1) is 29.1 Å². The van der Waals surface area contributed by atoms with Crippen LogP contribution in [0.5, 0.6) is 0 Å². The normalized spacial score (nSPS) is 22.5. The standard InChI is InChI=1S/C17H16ClF3O3/c1-4-5-10-6-7-11(24-10)9-23-15(22)14-12(16(14,2)3)8-13(18)17(19,20)21/h6-8,12,14H,9H2,1-3H3/t12-,14-/m0/s1. The summed E-state index contributed by atoms with van der Waals surface area (Å²) in [6, 6.07) is 3.28. The Balaban J connectivity index is 1.98. The summed E-state index contributed by atoms with van der Waals surface area (Å²) < 4.78 is 48.0. The van der Waals surface area contributed by atoms with Gasteiger partial charge >= 0.3 is 12.1 Å². The minimum atomic E-state index is -4.61. The largest absolute Gasteiger partial charge is 0.457 e. The Morgan fingerprint density at radius 1 is 1.46 bits per heavy atom. The molecule has 0 aliphatic heterocycles. The predicted octanol–water partition coefficient (Wildman–Crippen LogP) is 4.65. The summed E-state index contributed by atoms with van der Waals surface area (Å²) in [7, 11) is 0. The van der Waals surface area contributed by atoms with E-state index in [1.54, 1.807) is 32.9 Å². The molecule has 1 fully saturated rings. The predicted molar refractivity (Wildman–Crippen MR) is 81.8 cm³/mol. The minimum absolute atomic E-state index is 0.0970. The van der Waals surface area contributed by atoms with Gasteiger partial charge in [0, 0.05) is 0 Å². The quantitative estimate of drug-likeness (QED) is 0.579. The number of rotatable bonds is 4. The molecule has 130 valence electrons. The SMILES string of the molecule is CC#Cc1ccc(COC(=O)[C@@H]2[C@H](C=C(Cl)C(F)(F)F)C2(C)C)o1. The van der Waals surface area contributed by atoms with E-state index in [1.165, 1.54) is 0 Å². The van der Waals surface area contributed by atoms with Crippen LogP contribution < -0.4 is 0 Å². The molecule has 1 saturated carbocycles. The average molecular weight is 361 g/mol. The molecular weight excluding hydrogens is 345 g/mol. The number of alkyl halides is 3. The van der Waals surface area contributed by atoms with Crippen molar-refractivity contribution in [3.8, 4) is 11.8 Å². The minimum Gasteiger partial charge on any atom is -0.457 e. The number of carbonyl (C=O) groups is 1. The molecule has 0 bridgehead atoms. The summed E-state index contributed by atoms with van der Waals surface area (Å²) >= 11 is 5.25. The summed E-state index contributed by atoms with van der Waals surface area (Å²) in [4.78, 5) is 12.1. The van der Waals surface area contributed by atoms with Crippen molar-refractivity contribution >= 4 is 17.6 Å². The fourth-order valence-corrected chi connectivity index (χ4v) is 2.70. The second kappa shape index (κ2) is 6.56. The van der Waals surface area contributed by atoms with Gasteiger partial charge in [0.05, 0.1) is 5.92 Å². The van der Waals surface area contributed by atoms with Crippen molar-refractivity contribution in [2.24, 2.45) is 17.3 Å². The third kappa shape index (κ3) is 3.96. The number of hydrogen-bond acceptors (Lipinski definition) is 3. The van der Waals surface area contributed by atoms with Crippen molar-refractivity contribution in [1.29, 1.82) is 0 Å². The fraction of sp³-hybridized carbons (Fsp3) is 0.471. The number of allylic oxidation sites excluding steroid dienone is 2. The van der Waals surface area contributed by atoms with Gasteiger partial charge in [-0.3, -0.25) is 4.79 Å². The summed E-state index contributed by atoms with van der Waals surface area (Å²) in [6.07, 6.45) is -3.73. The van der Waals surface area contributed by atoms with Gasteiger partial charge in [0.15, 0.2) is 5.76 Å². The number of ether oxygens (including phenoxy) is 1. The molecule has 2 rings (SSSR count). The van der Waals surface area contributed by atoms with Gasteiger partial charge in [0.25, 0.3) is 0 Å². The van der Waals surface area contributed by atoms with E-state index in [0.717, 1.165) is 6.08 Å². The Labute approximate surface area is 142 Å². The van der Waals surface area contributed by atoms with Crippen LogP contribution in [-0.4, -0.2) is 12.1 Å². The molecule has 1 aliphatic rings. The third-order valence-corrected chi connectivity index (χ3v) is 4.37. The van der Waals surface area contributed by atoms with Crippen LogP contribution in [0.15, 0.2) is 27.7 Å². The van der Waals surface area contributed by atoms with Gasteiger partial charge < -0.3 is 9.15 Å². The summed E-state index contributed by atoms with van der Waals surface area (Å²) in [5.41, 5.74) is -0.634. The van der Waals surface area contributed by atoms with Gasteiger partial charge in [-0.15, -0.1) is 0 Å². The molecule has 24 heavy (non-hydrogen) atoms. The molecule has 0 radical (unpaired) electrons. The van der Waals surface area contributed by atoms with E-state index in [2.05, 4.69) is 11.8 Å². The first kappa shape index (κ1) is 18.5. The van der Waals surface area contributed by atoms with E-state index >= 15 is 0 Å².